The lowest BCUT2D eigenvalue weighted by molar-refractivity contribution is 0.0948. The minimum atomic E-state index is -0.424. The van der Waals surface area contributed by atoms with Gasteiger partial charge in [-0.05, 0) is 24.6 Å². The molecule has 1 amide bonds. The Morgan fingerprint density at radius 2 is 1.85 bits per heavy atom. The van der Waals surface area contributed by atoms with Gasteiger partial charge in [-0.15, -0.1) is 0 Å². The molecule has 0 saturated carbocycles. The van der Waals surface area contributed by atoms with Crippen LogP contribution in [0.3, 0.4) is 0 Å². The Labute approximate surface area is 127 Å². The molecule has 104 valence electrons. The van der Waals surface area contributed by atoms with Crippen LogP contribution >= 0.6 is 23.2 Å². The van der Waals surface area contributed by atoms with E-state index in [-0.39, 0.29) is 16.3 Å². The molecule has 2 rings (SSSR count). The summed E-state index contributed by atoms with van der Waals surface area (Å²) < 4.78 is 0. The van der Waals surface area contributed by atoms with Gasteiger partial charge in [0.15, 0.2) is 0 Å². The van der Waals surface area contributed by atoms with Gasteiger partial charge in [0.2, 0.25) is 0 Å². The van der Waals surface area contributed by atoms with Crippen LogP contribution in [-0.2, 0) is 6.54 Å². The number of amides is 1. The van der Waals surface area contributed by atoms with Gasteiger partial charge in [-0.1, -0.05) is 53.0 Å². The number of rotatable bonds is 3. The highest BCUT2D eigenvalue weighted by atomic mass is 35.5. The third kappa shape index (κ3) is 3.44. The van der Waals surface area contributed by atoms with E-state index in [4.69, 9.17) is 23.2 Å². The summed E-state index contributed by atoms with van der Waals surface area (Å²) in [7, 11) is 0. The smallest absolute Gasteiger partial charge is 0.255 e. The quantitative estimate of drug-likeness (QED) is 0.902. The van der Waals surface area contributed by atoms with Crippen molar-refractivity contribution in [3.63, 3.8) is 0 Å². The average molecular weight is 310 g/mol. The van der Waals surface area contributed by atoms with Gasteiger partial charge in [-0.2, -0.15) is 0 Å². The van der Waals surface area contributed by atoms with Crippen LogP contribution < -0.4 is 5.32 Å². The molecule has 0 spiro atoms. The molecule has 2 aromatic carbocycles. The Morgan fingerprint density at radius 1 is 1.20 bits per heavy atom. The van der Waals surface area contributed by atoms with Gasteiger partial charge in [0.05, 0.1) is 10.6 Å². The van der Waals surface area contributed by atoms with Crippen molar-refractivity contribution in [2.24, 2.45) is 0 Å². The Kier molecular flexibility index (Phi) is 4.53. The highest BCUT2D eigenvalue weighted by Gasteiger charge is 2.14. The minimum absolute atomic E-state index is 0.0537. The summed E-state index contributed by atoms with van der Waals surface area (Å²) in [5, 5.41) is 12.8. The summed E-state index contributed by atoms with van der Waals surface area (Å²) in [5.74, 6) is -0.690. The predicted octanol–water partition coefficient (Wildman–Crippen LogP) is 3.94. The molecular formula is C15H13Cl2NO2. The first-order valence-electron chi connectivity index (χ1n) is 5.99. The van der Waals surface area contributed by atoms with Crippen molar-refractivity contribution in [2.45, 2.75) is 13.5 Å². The fraction of sp³-hybridized carbons (Fsp3) is 0.133. The van der Waals surface area contributed by atoms with Gasteiger partial charge < -0.3 is 10.4 Å². The number of hydrogen-bond acceptors (Lipinski definition) is 2. The van der Waals surface area contributed by atoms with Crippen molar-refractivity contribution < 1.29 is 9.90 Å². The van der Waals surface area contributed by atoms with Crippen LogP contribution in [0.25, 0.3) is 0 Å². The van der Waals surface area contributed by atoms with E-state index in [1.807, 2.05) is 31.2 Å². The van der Waals surface area contributed by atoms with Gasteiger partial charge >= 0.3 is 0 Å². The molecular weight excluding hydrogens is 297 g/mol. The van der Waals surface area contributed by atoms with Gasteiger partial charge in [0, 0.05) is 11.6 Å². The molecule has 0 aliphatic heterocycles. The number of phenolic OH excluding ortho intramolecular Hbond substituents is 1. The number of carbonyl (C=O) groups is 1. The normalized spacial score (nSPS) is 10.3. The van der Waals surface area contributed by atoms with Crippen LogP contribution in [0.5, 0.6) is 5.75 Å². The molecule has 0 heterocycles. The van der Waals surface area contributed by atoms with Crippen molar-refractivity contribution in [3.8, 4) is 5.75 Å². The number of halogens is 2. The zero-order chi connectivity index (χ0) is 14.7. The first-order valence-corrected chi connectivity index (χ1v) is 6.74. The molecule has 0 fully saturated rings. The Bertz CT molecular complexity index is 639. The molecule has 0 aromatic heterocycles. The second kappa shape index (κ2) is 6.16. The SMILES string of the molecule is Cc1ccc(CNC(=O)c2cc(Cl)cc(Cl)c2O)cc1. The predicted molar refractivity (Wildman–Crippen MR) is 80.5 cm³/mol. The maximum absolute atomic E-state index is 12.0. The van der Waals surface area contributed by atoms with Crippen LogP contribution in [0.15, 0.2) is 36.4 Å². The molecule has 0 saturated heterocycles. The lowest BCUT2D eigenvalue weighted by Gasteiger charge is -2.09. The van der Waals surface area contributed by atoms with Gasteiger partial charge in [-0.3, -0.25) is 4.79 Å². The summed E-state index contributed by atoms with van der Waals surface area (Å²) in [6.07, 6.45) is 0. The second-order valence-corrected chi connectivity index (χ2v) is 5.30. The van der Waals surface area contributed by atoms with Gasteiger partial charge in [0.1, 0.15) is 5.75 Å². The van der Waals surface area contributed by atoms with Crippen LogP contribution in [0.2, 0.25) is 10.0 Å². The topological polar surface area (TPSA) is 49.3 Å². The van der Waals surface area contributed by atoms with E-state index in [1.165, 1.54) is 12.1 Å². The second-order valence-electron chi connectivity index (χ2n) is 4.45. The van der Waals surface area contributed by atoms with Crippen LogP contribution in [0, 0.1) is 6.92 Å². The molecule has 5 heteroatoms. The van der Waals surface area contributed by atoms with Crippen LogP contribution in [0.4, 0.5) is 0 Å². The number of nitrogens with one attached hydrogen (secondary N) is 1. The molecule has 0 unspecified atom stereocenters. The van der Waals surface area contributed by atoms with E-state index < -0.39 is 5.91 Å². The van der Waals surface area contributed by atoms with Crippen molar-refractivity contribution in [2.75, 3.05) is 0 Å². The third-order valence-corrected chi connectivity index (χ3v) is 3.35. The lowest BCUT2D eigenvalue weighted by Crippen LogP contribution is -2.22. The first kappa shape index (κ1) is 14.7. The standard InChI is InChI=1S/C15H13Cl2NO2/c1-9-2-4-10(5-3-9)8-18-15(20)12-6-11(16)7-13(17)14(12)19/h2-7,19H,8H2,1H3,(H,18,20). The van der Waals surface area contributed by atoms with E-state index in [0.29, 0.717) is 11.6 Å². The lowest BCUT2D eigenvalue weighted by atomic mass is 10.1. The molecule has 0 bridgehead atoms. The fourth-order valence-electron chi connectivity index (χ4n) is 1.72. The van der Waals surface area contributed by atoms with Gasteiger partial charge in [-0.25, -0.2) is 0 Å². The van der Waals surface area contributed by atoms with E-state index >= 15 is 0 Å². The summed E-state index contributed by atoms with van der Waals surface area (Å²) in [6.45, 7) is 2.36. The third-order valence-electron chi connectivity index (χ3n) is 2.85. The molecule has 0 radical (unpaired) electrons. The molecule has 0 aliphatic rings. The van der Waals surface area contributed by atoms with Crippen LogP contribution in [0.1, 0.15) is 21.5 Å². The van der Waals surface area contributed by atoms with Gasteiger partial charge in [0.25, 0.3) is 5.91 Å². The first-order chi connectivity index (χ1) is 9.47. The number of carbonyl (C=O) groups excluding carboxylic acids is 1. The highest BCUT2D eigenvalue weighted by Crippen LogP contribution is 2.31. The minimum Gasteiger partial charge on any atom is -0.506 e. The molecule has 20 heavy (non-hydrogen) atoms. The summed E-state index contributed by atoms with van der Waals surface area (Å²) >= 11 is 11.6. The molecule has 2 aromatic rings. The summed E-state index contributed by atoms with van der Waals surface area (Å²) in [6, 6.07) is 10.6. The Hall–Kier alpha value is -1.71. The van der Waals surface area contributed by atoms with Crippen LogP contribution in [-0.4, -0.2) is 11.0 Å². The number of benzene rings is 2. The van der Waals surface area contributed by atoms with Crippen molar-refractivity contribution in [3.05, 3.63) is 63.1 Å². The zero-order valence-corrected chi connectivity index (χ0v) is 12.3. The highest BCUT2D eigenvalue weighted by molar-refractivity contribution is 6.36. The molecule has 0 aliphatic carbocycles. The number of phenols is 1. The van der Waals surface area contributed by atoms with Crippen molar-refractivity contribution >= 4 is 29.1 Å². The zero-order valence-electron chi connectivity index (χ0n) is 10.8. The molecule has 3 nitrogen and oxygen atoms in total. The summed E-state index contributed by atoms with van der Waals surface area (Å²) in [5.41, 5.74) is 2.19. The van der Waals surface area contributed by atoms with E-state index in [9.17, 15) is 9.90 Å². The Morgan fingerprint density at radius 3 is 2.50 bits per heavy atom. The van der Waals surface area contributed by atoms with E-state index in [1.54, 1.807) is 0 Å². The molecule has 0 atom stereocenters. The van der Waals surface area contributed by atoms with E-state index in [2.05, 4.69) is 5.32 Å². The number of aryl methyl sites for hydroxylation is 1. The number of hydrogen-bond donors (Lipinski definition) is 2. The monoisotopic (exact) mass is 309 g/mol. The fourth-order valence-corrected chi connectivity index (χ4v) is 2.22. The number of aromatic hydroxyl groups is 1. The summed E-state index contributed by atoms with van der Waals surface area (Å²) in [4.78, 5) is 12.0. The largest absolute Gasteiger partial charge is 0.506 e. The molecule has 2 N–H and O–H groups in total. The Balaban J connectivity index is 2.11. The van der Waals surface area contributed by atoms with Crippen molar-refractivity contribution in [1.29, 1.82) is 0 Å². The maximum Gasteiger partial charge on any atom is 0.255 e. The van der Waals surface area contributed by atoms with E-state index in [0.717, 1.165) is 11.1 Å². The van der Waals surface area contributed by atoms with Crippen molar-refractivity contribution in [1.82, 2.24) is 5.32 Å². The maximum atomic E-state index is 12.0. The average Bonchev–Trinajstić information content (AvgIpc) is 2.42.